The molecule has 2 unspecified atom stereocenters. The Morgan fingerprint density at radius 3 is 3.06 bits per heavy atom. The van der Waals surface area contributed by atoms with Crippen molar-refractivity contribution >= 4 is 22.9 Å². The van der Waals surface area contributed by atoms with E-state index >= 15 is 0 Å². The lowest BCUT2D eigenvalue weighted by molar-refractivity contribution is -0.123. The molecule has 0 aliphatic carbocycles. The lowest BCUT2D eigenvalue weighted by Crippen LogP contribution is -2.49. The van der Waals surface area contributed by atoms with Crippen LogP contribution < -0.4 is 16.0 Å². The number of rotatable bonds is 2. The van der Waals surface area contributed by atoms with E-state index in [2.05, 4.69) is 16.0 Å². The Labute approximate surface area is 99.1 Å². The van der Waals surface area contributed by atoms with Crippen molar-refractivity contribution in [3.05, 3.63) is 0 Å². The van der Waals surface area contributed by atoms with Gasteiger partial charge in [0.1, 0.15) is 6.04 Å². The number of hydrogen-bond donors (Lipinski definition) is 3. The topological polar surface area (TPSA) is 70.2 Å². The summed E-state index contributed by atoms with van der Waals surface area (Å²) in [7, 11) is 0. The standard InChI is InChI=1S/C10H17N3O2S/c14-9(8-6-16-10(15)13-8)12-7-3-1-2-4-11-5-7/h7-8,11H,1-6H2,(H,12,14)(H,13,15). The van der Waals surface area contributed by atoms with Gasteiger partial charge < -0.3 is 16.0 Å². The maximum atomic E-state index is 11.8. The van der Waals surface area contributed by atoms with Crippen molar-refractivity contribution in [2.75, 3.05) is 18.8 Å². The number of hydrogen-bond acceptors (Lipinski definition) is 4. The molecule has 0 aromatic carbocycles. The molecule has 16 heavy (non-hydrogen) atoms. The highest BCUT2D eigenvalue weighted by Crippen LogP contribution is 2.13. The summed E-state index contributed by atoms with van der Waals surface area (Å²) in [5.41, 5.74) is 0. The summed E-state index contributed by atoms with van der Waals surface area (Å²) in [4.78, 5) is 22.8. The fourth-order valence-corrected chi connectivity index (χ4v) is 2.75. The molecule has 5 nitrogen and oxygen atoms in total. The van der Waals surface area contributed by atoms with Gasteiger partial charge in [-0.3, -0.25) is 9.59 Å². The summed E-state index contributed by atoms with van der Waals surface area (Å²) in [6.07, 6.45) is 3.33. The average Bonchev–Trinajstić information content (AvgIpc) is 2.54. The molecule has 2 fully saturated rings. The second kappa shape index (κ2) is 5.54. The summed E-state index contributed by atoms with van der Waals surface area (Å²) >= 11 is 1.17. The largest absolute Gasteiger partial charge is 0.350 e. The van der Waals surface area contributed by atoms with Gasteiger partial charge in [-0.1, -0.05) is 18.2 Å². The molecule has 6 heteroatoms. The molecule has 0 spiro atoms. The van der Waals surface area contributed by atoms with Crippen LogP contribution in [0.5, 0.6) is 0 Å². The molecule has 2 saturated heterocycles. The molecule has 0 aromatic rings. The predicted octanol–water partition coefficient (Wildman–Crippen LogP) is 0.0697. The zero-order valence-electron chi connectivity index (χ0n) is 9.12. The molecule has 2 atom stereocenters. The molecule has 2 heterocycles. The summed E-state index contributed by atoms with van der Waals surface area (Å²) < 4.78 is 0. The number of nitrogens with one attached hydrogen (secondary N) is 3. The van der Waals surface area contributed by atoms with Crippen molar-refractivity contribution in [1.82, 2.24) is 16.0 Å². The molecule has 0 radical (unpaired) electrons. The van der Waals surface area contributed by atoms with Crippen LogP contribution in [0.3, 0.4) is 0 Å². The molecule has 2 rings (SSSR count). The van der Waals surface area contributed by atoms with E-state index in [1.165, 1.54) is 18.2 Å². The molecule has 0 bridgehead atoms. The Bertz CT molecular complexity index is 277. The van der Waals surface area contributed by atoms with E-state index in [4.69, 9.17) is 0 Å². The van der Waals surface area contributed by atoms with Gasteiger partial charge in [0, 0.05) is 18.3 Å². The van der Waals surface area contributed by atoms with Crippen LogP contribution in [0.1, 0.15) is 19.3 Å². The summed E-state index contributed by atoms with van der Waals surface area (Å²) in [6, 6.07) is -0.141. The highest BCUT2D eigenvalue weighted by molar-refractivity contribution is 8.14. The summed E-state index contributed by atoms with van der Waals surface area (Å²) in [5, 5.41) is 8.84. The Morgan fingerprint density at radius 1 is 1.44 bits per heavy atom. The number of carbonyl (C=O) groups is 2. The van der Waals surface area contributed by atoms with Crippen LogP contribution in [-0.4, -0.2) is 42.1 Å². The zero-order valence-corrected chi connectivity index (χ0v) is 9.94. The zero-order chi connectivity index (χ0) is 11.4. The molecule has 2 aliphatic heterocycles. The number of thioether (sulfide) groups is 1. The third kappa shape index (κ3) is 3.12. The first-order valence-corrected chi connectivity index (χ1v) is 6.68. The minimum Gasteiger partial charge on any atom is -0.350 e. The van der Waals surface area contributed by atoms with Gasteiger partial charge in [-0.2, -0.15) is 0 Å². The highest BCUT2D eigenvalue weighted by atomic mass is 32.2. The van der Waals surface area contributed by atoms with Gasteiger partial charge in [0.2, 0.25) is 5.91 Å². The van der Waals surface area contributed by atoms with Gasteiger partial charge >= 0.3 is 0 Å². The first-order chi connectivity index (χ1) is 7.75. The molecule has 0 saturated carbocycles. The minimum absolute atomic E-state index is 0.0490. The van der Waals surface area contributed by atoms with Gasteiger partial charge in [-0.25, -0.2) is 0 Å². The second-order valence-electron chi connectivity index (χ2n) is 4.20. The Hall–Kier alpha value is -0.750. The first kappa shape index (κ1) is 11.7. The second-order valence-corrected chi connectivity index (χ2v) is 5.19. The quantitative estimate of drug-likeness (QED) is 0.642. The van der Waals surface area contributed by atoms with E-state index in [1.807, 2.05) is 0 Å². The van der Waals surface area contributed by atoms with Crippen molar-refractivity contribution in [2.45, 2.75) is 31.3 Å². The van der Waals surface area contributed by atoms with E-state index in [0.29, 0.717) is 5.75 Å². The number of amides is 2. The van der Waals surface area contributed by atoms with Crippen LogP contribution >= 0.6 is 11.8 Å². The Kier molecular flexibility index (Phi) is 4.06. The Balaban J connectivity index is 1.79. The van der Waals surface area contributed by atoms with Crippen LogP contribution in [0.25, 0.3) is 0 Å². The minimum atomic E-state index is -0.347. The highest BCUT2D eigenvalue weighted by Gasteiger charge is 2.29. The van der Waals surface area contributed by atoms with Gasteiger partial charge in [-0.05, 0) is 19.4 Å². The molecule has 2 amide bonds. The van der Waals surface area contributed by atoms with Crippen molar-refractivity contribution in [3.63, 3.8) is 0 Å². The molecule has 3 N–H and O–H groups in total. The maximum absolute atomic E-state index is 11.8. The fraction of sp³-hybridized carbons (Fsp3) is 0.800. The maximum Gasteiger partial charge on any atom is 0.279 e. The van der Waals surface area contributed by atoms with Crippen LogP contribution in [0.4, 0.5) is 4.79 Å². The molecule has 0 aromatic heterocycles. The smallest absolute Gasteiger partial charge is 0.279 e. The molecular formula is C10H17N3O2S. The first-order valence-electron chi connectivity index (χ1n) is 5.70. The molecule has 90 valence electrons. The lowest BCUT2D eigenvalue weighted by Gasteiger charge is -2.18. The summed E-state index contributed by atoms with van der Waals surface area (Å²) in [5.74, 6) is 0.497. The Morgan fingerprint density at radius 2 is 2.31 bits per heavy atom. The van der Waals surface area contributed by atoms with Gasteiger partial charge in [-0.15, -0.1) is 0 Å². The fourth-order valence-electron chi connectivity index (χ4n) is 1.97. The van der Waals surface area contributed by atoms with Crippen molar-refractivity contribution in [1.29, 1.82) is 0 Å². The van der Waals surface area contributed by atoms with Crippen LogP contribution in [0.15, 0.2) is 0 Å². The lowest BCUT2D eigenvalue weighted by atomic mass is 10.1. The molecule has 2 aliphatic rings. The van der Waals surface area contributed by atoms with E-state index in [1.54, 1.807) is 0 Å². The molecular weight excluding hydrogens is 226 g/mol. The monoisotopic (exact) mass is 243 g/mol. The van der Waals surface area contributed by atoms with Crippen molar-refractivity contribution < 1.29 is 9.59 Å². The van der Waals surface area contributed by atoms with E-state index in [9.17, 15) is 9.59 Å². The van der Waals surface area contributed by atoms with Crippen LogP contribution in [0, 0.1) is 0 Å². The summed E-state index contributed by atoms with van der Waals surface area (Å²) in [6.45, 7) is 1.86. The predicted molar refractivity (Wildman–Crippen MR) is 63.4 cm³/mol. The SMILES string of the molecule is O=C1NC(C(=O)NC2CCCCNC2)CS1. The normalized spacial score (nSPS) is 30.6. The average molecular weight is 243 g/mol. The van der Waals surface area contributed by atoms with E-state index < -0.39 is 0 Å². The van der Waals surface area contributed by atoms with Crippen molar-refractivity contribution in [3.8, 4) is 0 Å². The van der Waals surface area contributed by atoms with Crippen LogP contribution in [-0.2, 0) is 4.79 Å². The third-order valence-electron chi connectivity index (χ3n) is 2.88. The van der Waals surface area contributed by atoms with Gasteiger partial charge in [0.15, 0.2) is 0 Å². The van der Waals surface area contributed by atoms with Crippen molar-refractivity contribution in [2.24, 2.45) is 0 Å². The number of carbonyl (C=O) groups excluding carboxylic acids is 2. The van der Waals surface area contributed by atoms with Gasteiger partial charge in [0.05, 0.1) is 0 Å². The van der Waals surface area contributed by atoms with Crippen LogP contribution in [0.2, 0.25) is 0 Å². The third-order valence-corrected chi connectivity index (χ3v) is 3.76. The van der Waals surface area contributed by atoms with E-state index in [-0.39, 0.29) is 23.2 Å². The van der Waals surface area contributed by atoms with Gasteiger partial charge in [0.25, 0.3) is 5.24 Å². The van der Waals surface area contributed by atoms with E-state index in [0.717, 1.165) is 25.9 Å².